The predicted octanol–water partition coefficient (Wildman–Crippen LogP) is 4.02. The van der Waals surface area contributed by atoms with Crippen molar-refractivity contribution in [1.82, 2.24) is 19.6 Å². The highest BCUT2D eigenvalue weighted by Gasteiger charge is 2.14. The molecule has 118 valence electrons. The molecular formula is C15H12Cl2N4OS. The van der Waals surface area contributed by atoms with Crippen LogP contribution in [0.2, 0.25) is 10.0 Å². The van der Waals surface area contributed by atoms with E-state index in [-0.39, 0.29) is 11.5 Å². The van der Waals surface area contributed by atoms with Gasteiger partial charge in [0.25, 0.3) is 5.78 Å². The molecule has 0 fully saturated rings. The summed E-state index contributed by atoms with van der Waals surface area (Å²) in [5.74, 6) is 0.710. The molecule has 2 aromatic heterocycles. The van der Waals surface area contributed by atoms with Crippen LogP contribution in [0.5, 0.6) is 0 Å². The highest BCUT2D eigenvalue weighted by atomic mass is 35.5. The number of halogens is 2. The van der Waals surface area contributed by atoms with Crippen LogP contribution in [-0.2, 0) is 0 Å². The van der Waals surface area contributed by atoms with Gasteiger partial charge in [0, 0.05) is 17.0 Å². The maximum atomic E-state index is 12.3. The van der Waals surface area contributed by atoms with Gasteiger partial charge in [-0.1, -0.05) is 35.0 Å². The van der Waals surface area contributed by atoms with Crippen molar-refractivity contribution < 1.29 is 4.79 Å². The van der Waals surface area contributed by atoms with Crippen LogP contribution in [0.4, 0.5) is 0 Å². The van der Waals surface area contributed by atoms with E-state index < -0.39 is 0 Å². The van der Waals surface area contributed by atoms with Gasteiger partial charge in [0.05, 0.1) is 15.8 Å². The maximum Gasteiger partial charge on any atom is 0.256 e. The lowest BCUT2D eigenvalue weighted by atomic mass is 10.1. The van der Waals surface area contributed by atoms with E-state index in [1.165, 1.54) is 11.8 Å². The van der Waals surface area contributed by atoms with Gasteiger partial charge < -0.3 is 0 Å². The van der Waals surface area contributed by atoms with Crippen molar-refractivity contribution >= 4 is 46.5 Å². The molecule has 0 N–H and O–H groups in total. The maximum absolute atomic E-state index is 12.3. The van der Waals surface area contributed by atoms with Crippen molar-refractivity contribution in [3.63, 3.8) is 0 Å². The normalized spacial score (nSPS) is 11.1. The molecule has 0 spiro atoms. The Morgan fingerprint density at radius 3 is 2.70 bits per heavy atom. The van der Waals surface area contributed by atoms with Gasteiger partial charge in [0.2, 0.25) is 0 Å². The Balaban J connectivity index is 1.80. The number of ketones is 1. The molecule has 3 rings (SSSR count). The molecule has 0 aliphatic heterocycles. The lowest BCUT2D eigenvalue weighted by molar-refractivity contribution is 0.102. The van der Waals surface area contributed by atoms with Crippen LogP contribution in [0.15, 0.2) is 29.4 Å². The molecule has 23 heavy (non-hydrogen) atoms. The van der Waals surface area contributed by atoms with E-state index in [2.05, 4.69) is 15.2 Å². The zero-order valence-corrected chi connectivity index (χ0v) is 14.7. The highest BCUT2D eigenvalue weighted by molar-refractivity contribution is 7.99. The van der Waals surface area contributed by atoms with Gasteiger partial charge in [-0.05, 0) is 38.1 Å². The Morgan fingerprint density at radius 2 is 1.96 bits per heavy atom. The molecule has 2 heterocycles. The highest BCUT2D eigenvalue weighted by Crippen LogP contribution is 2.24. The fourth-order valence-corrected chi connectivity index (χ4v) is 3.35. The number of Topliss-reactive ketones (excluding diaryl/α,β-unsaturated/α-hetero) is 1. The predicted molar refractivity (Wildman–Crippen MR) is 91.8 cm³/mol. The topological polar surface area (TPSA) is 60.2 Å². The molecule has 0 atom stereocenters. The minimum Gasteiger partial charge on any atom is -0.293 e. The summed E-state index contributed by atoms with van der Waals surface area (Å²) in [5.41, 5.74) is 2.37. The average Bonchev–Trinajstić information content (AvgIpc) is 2.90. The summed E-state index contributed by atoms with van der Waals surface area (Å²) >= 11 is 13.1. The lowest BCUT2D eigenvalue weighted by Gasteiger charge is -2.04. The molecule has 0 amide bonds. The standard InChI is InChI=1S/C15H12Cl2N4OS/c1-8-5-9(2)21-14(18-8)19-20-15(21)23-7-13(22)10-3-4-11(16)12(17)6-10/h3-6H,7H2,1-2H3. The van der Waals surface area contributed by atoms with Gasteiger partial charge in [-0.2, -0.15) is 0 Å². The largest absolute Gasteiger partial charge is 0.293 e. The van der Waals surface area contributed by atoms with Crippen molar-refractivity contribution in [2.45, 2.75) is 19.0 Å². The second-order valence-electron chi connectivity index (χ2n) is 5.00. The number of aryl methyl sites for hydroxylation is 2. The number of carbonyl (C=O) groups is 1. The number of benzene rings is 1. The summed E-state index contributed by atoms with van der Waals surface area (Å²) in [6.07, 6.45) is 0. The number of hydrogen-bond donors (Lipinski definition) is 0. The molecule has 0 bridgehead atoms. The molecule has 0 saturated carbocycles. The Morgan fingerprint density at radius 1 is 1.17 bits per heavy atom. The molecule has 3 aromatic rings. The van der Waals surface area contributed by atoms with E-state index in [1.807, 2.05) is 24.3 Å². The van der Waals surface area contributed by atoms with Gasteiger partial charge in [0.1, 0.15) is 0 Å². The molecule has 0 radical (unpaired) electrons. The van der Waals surface area contributed by atoms with Crippen molar-refractivity contribution in [2.75, 3.05) is 5.75 Å². The summed E-state index contributed by atoms with van der Waals surface area (Å²) in [5, 5.41) is 9.59. The Hall–Kier alpha value is -1.63. The van der Waals surface area contributed by atoms with E-state index in [0.717, 1.165) is 11.4 Å². The zero-order chi connectivity index (χ0) is 16.6. The number of nitrogens with zero attached hydrogens (tertiary/aromatic N) is 4. The van der Waals surface area contributed by atoms with Crippen LogP contribution in [0.25, 0.3) is 5.78 Å². The first kappa shape index (κ1) is 16.2. The fourth-order valence-electron chi connectivity index (χ4n) is 2.18. The molecular weight excluding hydrogens is 355 g/mol. The monoisotopic (exact) mass is 366 g/mol. The summed E-state index contributed by atoms with van der Waals surface area (Å²) in [6.45, 7) is 3.86. The number of fused-ring (bicyclic) bond motifs is 1. The first-order valence-corrected chi connectivity index (χ1v) is 8.50. The van der Waals surface area contributed by atoms with Crippen LogP contribution < -0.4 is 0 Å². The summed E-state index contributed by atoms with van der Waals surface area (Å²) in [6, 6.07) is 6.80. The SMILES string of the molecule is Cc1cc(C)n2c(SCC(=O)c3ccc(Cl)c(Cl)c3)nnc2n1. The van der Waals surface area contributed by atoms with Gasteiger partial charge in [-0.25, -0.2) is 4.98 Å². The molecule has 0 unspecified atom stereocenters. The molecule has 0 saturated heterocycles. The minimum atomic E-state index is -0.0527. The van der Waals surface area contributed by atoms with Gasteiger partial charge in [-0.3, -0.25) is 9.20 Å². The summed E-state index contributed by atoms with van der Waals surface area (Å²) in [4.78, 5) is 16.6. The minimum absolute atomic E-state index is 0.0527. The first-order chi connectivity index (χ1) is 11.0. The van der Waals surface area contributed by atoms with E-state index in [4.69, 9.17) is 23.2 Å². The summed E-state index contributed by atoms with van der Waals surface area (Å²) in [7, 11) is 0. The van der Waals surface area contributed by atoms with Crippen molar-refractivity contribution in [1.29, 1.82) is 0 Å². The lowest BCUT2D eigenvalue weighted by Crippen LogP contribution is -2.04. The second kappa shape index (κ2) is 6.47. The van der Waals surface area contributed by atoms with Gasteiger partial charge in [-0.15, -0.1) is 10.2 Å². The van der Waals surface area contributed by atoms with Crippen molar-refractivity contribution in [3.8, 4) is 0 Å². The second-order valence-corrected chi connectivity index (χ2v) is 6.75. The fraction of sp³-hybridized carbons (Fsp3) is 0.200. The number of aromatic nitrogens is 4. The first-order valence-electron chi connectivity index (χ1n) is 6.76. The molecule has 0 aliphatic carbocycles. The zero-order valence-electron chi connectivity index (χ0n) is 12.4. The van der Waals surface area contributed by atoms with Crippen molar-refractivity contribution in [2.24, 2.45) is 0 Å². The van der Waals surface area contributed by atoms with Crippen LogP contribution in [-0.4, -0.2) is 31.1 Å². The van der Waals surface area contributed by atoms with Crippen LogP contribution >= 0.6 is 35.0 Å². The Labute approximate surface area is 147 Å². The van der Waals surface area contributed by atoms with E-state index in [9.17, 15) is 4.79 Å². The number of carbonyl (C=O) groups excluding carboxylic acids is 1. The third-order valence-corrected chi connectivity index (χ3v) is 4.91. The third kappa shape index (κ3) is 3.34. The summed E-state index contributed by atoms with van der Waals surface area (Å²) < 4.78 is 1.83. The average molecular weight is 367 g/mol. The molecule has 0 aliphatic rings. The molecule has 5 nitrogen and oxygen atoms in total. The van der Waals surface area contributed by atoms with Crippen LogP contribution in [0.1, 0.15) is 21.7 Å². The number of thioether (sulfide) groups is 1. The number of hydrogen-bond acceptors (Lipinski definition) is 5. The van der Waals surface area contributed by atoms with E-state index in [1.54, 1.807) is 18.2 Å². The van der Waals surface area contributed by atoms with E-state index >= 15 is 0 Å². The molecule has 8 heteroatoms. The Bertz CT molecular complexity index is 910. The van der Waals surface area contributed by atoms with E-state index in [0.29, 0.717) is 26.5 Å². The Kier molecular flexibility index (Phi) is 4.57. The number of rotatable bonds is 4. The smallest absolute Gasteiger partial charge is 0.256 e. The molecule has 1 aromatic carbocycles. The third-order valence-electron chi connectivity index (χ3n) is 3.24. The van der Waals surface area contributed by atoms with Gasteiger partial charge in [0.15, 0.2) is 10.9 Å². The van der Waals surface area contributed by atoms with Crippen LogP contribution in [0, 0.1) is 13.8 Å². The van der Waals surface area contributed by atoms with Crippen molar-refractivity contribution in [3.05, 3.63) is 51.3 Å². The van der Waals surface area contributed by atoms with Gasteiger partial charge >= 0.3 is 0 Å². The van der Waals surface area contributed by atoms with Crippen LogP contribution in [0.3, 0.4) is 0 Å². The quantitative estimate of drug-likeness (QED) is 0.515.